The molecule has 48 heavy (non-hydrogen) atoms. The van der Waals surface area contributed by atoms with Gasteiger partial charge in [-0.2, -0.15) is 0 Å². The second-order valence-corrected chi connectivity index (χ2v) is 14.3. The second-order valence-electron chi connectivity index (χ2n) is 12.0. The van der Waals surface area contributed by atoms with Gasteiger partial charge < -0.3 is 15.0 Å². The number of methoxy groups -OCH3 is 1. The minimum atomic E-state index is -4.30. The minimum absolute atomic E-state index is 0.0154. The normalized spacial score (nSPS) is 13.9. The van der Waals surface area contributed by atoms with Crippen molar-refractivity contribution in [1.82, 2.24) is 10.2 Å². The van der Waals surface area contributed by atoms with Crippen LogP contribution >= 0.6 is 11.6 Å². The van der Waals surface area contributed by atoms with E-state index in [1.54, 1.807) is 24.3 Å². The van der Waals surface area contributed by atoms with Gasteiger partial charge in [0.2, 0.25) is 11.8 Å². The fraction of sp³-hybridized carbons (Fsp3) is 0.297. The molecular formula is C37H39ClFN3O5S. The predicted molar refractivity (Wildman–Crippen MR) is 185 cm³/mol. The number of halogens is 2. The summed E-state index contributed by atoms with van der Waals surface area (Å²) in [4.78, 5) is 30.1. The van der Waals surface area contributed by atoms with E-state index < -0.39 is 34.3 Å². The third-order valence-electron chi connectivity index (χ3n) is 8.55. The number of nitrogens with zero attached hydrogens (tertiary/aromatic N) is 2. The number of benzene rings is 4. The van der Waals surface area contributed by atoms with Crippen LogP contribution in [0, 0.1) is 12.7 Å². The van der Waals surface area contributed by atoms with E-state index in [0.29, 0.717) is 11.3 Å². The molecule has 5 rings (SSSR count). The van der Waals surface area contributed by atoms with Crippen LogP contribution in [0.1, 0.15) is 42.4 Å². The molecule has 0 bridgehead atoms. The maximum atomic E-state index is 14.6. The zero-order chi connectivity index (χ0) is 34.3. The first-order valence-corrected chi connectivity index (χ1v) is 17.7. The van der Waals surface area contributed by atoms with Gasteiger partial charge in [0.25, 0.3) is 10.0 Å². The summed E-state index contributed by atoms with van der Waals surface area (Å²) in [6.45, 7) is 1.15. The Morgan fingerprint density at radius 3 is 2.23 bits per heavy atom. The van der Waals surface area contributed by atoms with E-state index in [0.717, 1.165) is 41.1 Å². The lowest BCUT2D eigenvalue weighted by atomic mass is 10.0. The Labute approximate surface area is 286 Å². The van der Waals surface area contributed by atoms with Gasteiger partial charge in [0.1, 0.15) is 24.2 Å². The number of rotatable bonds is 13. The Bertz CT molecular complexity index is 1820. The summed E-state index contributed by atoms with van der Waals surface area (Å²) in [5.41, 5.74) is 2.42. The van der Waals surface area contributed by atoms with E-state index in [1.165, 1.54) is 54.5 Å². The molecular weight excluding hydrogens is 653 g/mol. The molecule has 0 aromatic heterocycles. The fourth-order valence-corrected chi connectivity index (χ4v) is 7.54. The number of hydrogen-bond donors (Lipinski definition) is 1. The first-order chi connectivity index (χ1) is 23.0. The average molecular weight is 692 g/mol. The third kappa shape index (κ3) is 8.54. The summed E-state index contributed by atoms with van der Waals surface area (Å²) < 4.78 is 48.7. The van der Waals surface area contributed by atoms with Gasteiger partial charge in [-0.25, -0.2) is 12.8 Å². The topological polar surface area (TPSA) is 96.0 Å². The van der Waals surface area contributed by atoms with Gasteiger partial charge in [-0.3, -0.25) is 13.9 Å². The Balaban J connectivity index is 1.58. The van der Waals surface area contributed by atoms with Gasteiger partial charge in [0, 0.05) is 19.0 Å². The first kappa shape index (κ1) is 34.9. The number of carbonyl (C=O) groups excluding carboxylic acids is 2. The number of hydrogen-bond acceptors (Lipinski definition) is 5. The van der Waals surface area contributed by atoms with E-state index in [-0.39, 0.29) is 40.5 Å². The van der Waals surface area contributed by atoms with Crippen molar-refractivity contribution in [3.05, 3.63) is 125 Å². The molecule has 1 fully saturated rings. The van der Waals surface area contributed by atoms with Gasteiger partial charge in [-0.1, -0.05) is 84.6 Å². The maximum Gasteiger partial charge on any atom is 0.264 e. The Morgan fingerprint density at radius 1 is 0.938 bits per heavy atom. The van der Waals surface area contributed by atoms with E-state index in [2.05, 4.69) is 5.32 Å². The monoisotopic (exact) mass is 691 g/mol. The summed E-state index contributed by atoms with van der Waals surface area (Å²) in [5, 5.41) is 3.30. The second kappa shape index (κ2) is 15.7. The standard InChI is InChI=1S/C37H39ClFN3O5S/c1-26-12-19-32(20-13-26)48(45,46)42(31-18-21-35(47-2)33(38)23-31)25-36(43)41(24-28-14-16-29(39)17-15-28)34(22-27-8-4-3-5-9-27)37(44)40-30-10-6-7-11-30/h3-5,8-9,12-21,23,30,34H,6-7,10-11,22,24-25H2,1-2H3,(H,40,44)/t34-/m1/s1. The maximum absolute atomic E-state index is 14.6. The molecule has 252 valence electrons. The molecule has 2 amide bonds. The van der Waals surface area contributed by atoms with E-state index >= 15 is 0 Å². The number of carbonyl (C=O) groups is 2. The van der Waals surface area contributed by atoms with Crippen LogP contribution in [0.25, 0.3) is 0 Å². The van der Waals surface area contributed by atoms with Crippen LogP contribution in [0.3, 0.4) is 0 Å². The highest BCUT2D eigenvalue weighted by Gasteiger charge is 2.35. The molecule has 0 heterocycles. The van der Waals surface area contributed by atoms with Crippen molar-refractivity contribution in [2.45, 2.75) is 62.6 Å². The lowest BCUT2D eigenvalue weighted by molar-refractivity contribution is -0.140. The lowest BCUT2D eigenvalue weighted by Crippen LogP contribution is -2.54. The van der Waals surface area contributed by atoms with Crippen LogP contribution in [0.2, 0.25) is 5.02 Å². The van der Waals surface area contributed by atoms with E-state index in [9.17, 15) is 22.4 Å². The van der Waals surface area contributed by atoms with Crippen molar-refractivity contribution in [3.63, 3.8) is 0 Å². The zero-order valence-electron chi connectivity index (χ0n) is 26.9. The average Bonchev–Trinajstić information content (AvgIpc) is 3.59. The van der Waals surface area contributed by atoms with Crippen molar-refractivity contribution in [3.8, 4) is 5.75 Å². The van der Waals surface area contributed by atoms with Crippen LogP contribution in [-0.4, -0.2) is 50.9 Å². The number of ether oxygens (including phenoxy) is 1. The fourth-order valence-electron chi connectivity index (χ4n) is 5.88. The van der Waals surface area contributed by atoms with E-state index in [4.69, 9.17) is 16.3 Å². The van der Waals surface area contributed by atoms with E-state index in [1.807, 2.05) is 37.3 Å². The molecule has 1 saturated carbocycles. The SMILES string of the molecule is COc1ccc(N(CC(=O)N(Cc2ccc(F)cc2)[C@H](Cc2ccccc2)C(=O)NC2CCCC2)S(=O)(=O)c2ccc(C)cc2)cc1Cl. The van der Waals surface area contributed by atoms with Crippen molar-refractivity contribution < 1.29 is 27.1 Å². The van der Waals surface area contributed by atoms with Gasteiger partial charge in [-0.15, -0.1) is 0 Å². The molecule has 11 heteroatoms. The molecule has 0 unspecified atom stereocenters. The summed E-state index contributed by atoms with van der Waals surface area (Å²) in [6, 6.07) is 24.8. The molecule has 0 saturated heterocycles. The molecule has 1 N–H and O–H groups in total. The van der Waals surface area contributed by atoms with Crippen molar-refractivity contribution in [2.75, 3.05) is 18.0 Å². The minimum Gasteiger partial charge on any atom is -0.495 e. The highest BCUT2D eigenvalue weighted by atomic mass is 35.5. The van der Waals surface area contributed by atoms with Gasteiger partial charge in [0.15, 0.2) is 0 Å². The number of sulfonamides is 1. The van der Waals surface area contributed by atoms with Gasteiger partial charge in [0.05, 0.1) is 22.7 Å². The molecule has 1 atom stereocenters. The third-order valence-corrected chi connectivity index (χ3v) is 10.6. The molecule has 4 aromatic carbocycles. The van der Waals surface area contributed by atoms with Crippen LogP contribution < -0.4 is 14.4 Å². The summed E-state index contributed by atoms with van der Waals surface area (Å²) in [6.07, 6.45) is 3.88. The Kier molecular flexibility index (Phi) is 11.4. The van der Waals surface area contributed by atoms with Crippen molar-refractivity contribution >= 4 is 39.1 Å². The number of nitrogens with one attached hydrogen (secondary N) is 1. The van der Waals surface area contributed by atoms with Crippen LogP contribution in [0.4, 0.5) is 10.1 Å². The molecule has 0 aliphatic heterocycles. The van der Waals surface area contributed by atoms with Crippen LogP contribution in [0.15, 0.2) is 102 Å². The number of anilines is 1. The van der Waals surface area contributed by atoms with Crippen LogP contribution in [0.5, 0.6) is 5.75 Å². The van der Waals surface area contributed by atoms with Crippen molar-refractivity contribution in [2.24, 2.45) is 0 Å². The number of amides is 2. The largest absolute Gasteiger partial charge is 0.495 e. The highest BCUT2D eigenvalue weighted by molar-refractivity contribution is 7.92. The molecule has 1 aliphatic carbocycles. The van der Waals surface area contributed by atoms with Gasteiger partial charge >= 0.3 is 0 Å². The Morgan fingerprint density at radius 2 is 1.60 bits per heavy atom. The molecule has 1 aliphatic rings. The zero-order valence-corrected chi connectivity index (χ0v) is 28.5. The first-order valence-electron chi connectivity index (χ1n) is 15.9. The smallest absolute Gasteiger partial charge is 0.264 e. The molecule has 4 aromatic rings. The van der Waals surface area contributed by atoms with Crippen molar-refractivity contribution in [1.29, 1.82) is 0 Å². The Hall–Kier alpha value is -4.41. The quantitative estimate of drug-likeness (QED) is 0.169. The molecule has 0 spiro atoms. The van der Waals surface area contributed by atoms with Gasteiger partial charge in [-0.05, 0) is 73.4 Å². The summed E-state index contributed by atoms with van der Waals surface area (Å²) in [5.74, 6) is -1.06. The summed E-state index contributed by atoms with van der Waals surface area (Å²) in [7, 11) is -2.86. The molecule has 8 nitrogen and oxygen atoms in total. The lowest BCUT2D eigenvalue weighted by Gasteiger charge is -2.34. The summed E-state index contributed by atoms with van der Waals surface area (Å²) >= 11 is 6.45. The predicted octanol–water partition coefficient (Wildman–Crippen LogP) is 6.69. The molecule has 0 radical (unpaired) electrons. The highest BCUT2D eigenvalue weighted by Crippen LogP contribution is 2.32. The number of aryl methyl sites for hydroxylation is 1. The van der Waals surface area contributed by atoms with Crippen LogP contribution in [-0.2, 0) is 32.6 Å².